The van der Waals surface area contributed by atoms with Gasteiger partial charge in [-0.25, -0.2) is 0 Å². The second kappa shape index (κ2) is 7.24. The maximum Gasteiger partial charge on any atom is 0.0614 e. The largest absolute Gasteiger partial charge is 0.394 e. The number of nitrogens with one attached hydrogen (secondary N) is 1. The van der Waals surface area contributed by atoms with Crippen LogP contribution >= 0.6 is 0 Å². The number of rotatable bonds is 6. The summed E-state index contributed by atoms with van der Waals surface area (Å²) in [6.45, 7) is 8.12. The first kappa shape index (κ1) is 16.3. The molecule has 2 atom stereocenters. The third-order valence-electron chi connectivity index (χ3n) is 5.36. The Balaban J connectivity index is 1.98. The summed E-state index contributed by atoms with van der Waals surface area (Å²) in [5.41, 5.74) is -0.0269. The summed E-state index contributed by atoms with van der Waals surface area (Å²) in [4.78, 5) is 2.75. The van der Waals surface area contributed by atoms with Crippen molar-refractivity contribution in [3.63, 3.8) is 0 Å². The molecule has 3 heteroatoms. The molecular formula is C17H34N2O. The molecule has 2 aliphatic rings. The van der Waals surface area contributed by atoms with Gasteiger partial charge in [-0.2, -0.15) is 0 Å². The predicted molar refractivity (Wildman–Crippen MR) is 85.0 cm³/mol. The molecule has 118 valence electrons. The van der Waals surface area contributed by atoms with Crippen molar-refractivity contribution >= 4 is 0 Å². The highest BCUT2D eigenvalue weighted by Crippen LogP contribution is 2.36. The minimum atomic E-state index is -0.0269. The van der Waals surface area contributed by atoms with E-state index in [1.165, 1.54) is 45.1 Å². The highest BCUT2D eigenvalue weighted by Gasteiger charge is 2.42. The van der Waals surface area contributed by atoms with Crippen LogP contribution in [0.1, 0.15) is 72.1 Å². The maximum absolute atomic E-state index is 9.87. The van der Waals surface area contributed by atoms with Crippen LogP contribution in [-0.2, 0) is 0 Å². The van der Waals surface area contributed by atoms with Gasteiger partial charge in [0.2, 0.25) is 0 Å². The molecular weight excluding hydrogens is 248 g/mol. The molecule has 0 aromatic rings. The van der Waals surface area contributed by atoms with E-state index < -0.39 is 0 Å². The molecule has 0 saturated heterocycles. The highest BCUT2D eigenvalue weighted by atomic mass is 16.3. The molecule has 0 spiro atoms. The van der Waals surface area contributed by atoms with Gasteiger partial charge in [-0.3, -0.25) is 4.90 Å². The number of hydrogen-bond acceptors (Lipinski definition) is 3. The molecule has 2 unspecified atom stereocenters. The van der Waals surface area contributed by atoms with Gasteiger partial charge in [-0.15, -0.1) is 0 Å². The first-order valence-corrected chi connectivity index (χ1v) is 8.74. The monoisotopic (exact) mass is 282 g/mol. The fourth-order valence-corrected chi connectivity index (χ4v) is 4.54. The van der Waals surface area contributed by atoms with Crippen LogP contribution in [0.25, 0.3) is 0 Å². The molecule has 0 radical (unpaired) electrons. The van der Waals surface area contributed by atoms with E-state index in [1.807, 2.05) is 0 Å². The van der Waals surface area contributed by atoms with Gasteiger partial charge in [0.15, 0.2) is 0 Å². The Morgan fingerprint density at radius 2 is 1.85 bits per heavy atom. The zero-order chi connectivity index (χ0) is 14.6. The average Bonchev–Trinajstić information content (AvgIpc) is 2.85. The van der Waals surface area contributed by atoms with E-state index in [1.54, 1.807) is 0 Å². The number of aliphatic hydroxyl groups is 1. The van der Waals surface area contributed by atoms with Gasteiger partial charge in [0.05, 0.1) is 6.61 Å². The van der Waals surface area contributed by atoms with Crippen LogP contribution in [0.15, 0.2) is 0 Å². The van der Waals surface area contributed by atoms with Crippen LogP contribution in [-0.4, -0.2) is 46.8 Å². The minimum Gasteiger partial charge on any atom is -0.394 e. The second-order valence-electron chi connectivity index (χ2n) is 7.26. The molecule has 2 N–H and O–H groups in total. The first-order valence-electron chi connectivity index (χ1n) is 8.74. The fraction of sp³-hybridized carbons (Fsp3) is 1.00. The summed E-state index contributed by atoms with van der Waals surface area (Å²) in [7, 11) is 0. The normalized spacial score (nSPS) is 32.4. The minimum absolute atomic E-state index is 0.0269. The molecule has 0 aromatic heterocycles. The third-order valence-corrected chi connectivity index (χ3v) is 5.36. The Labute approximate surface area is 125 Å². The second-order valence-corrected chi connectivity index (χ2v) is 7.26. The van der Waals surface area contributed by atoms with Crippen molar-refractivity contribution in [1.82, 2.24) is 10.2 Å². The van der Waals surface area contributed by atoms with E-state index in [9.17, 15) is 5.11 Å². The average molecular weight is 282 g/mol. The topological polar surface area (TPSA) is 35.5 Å². The zero-order valence-corrected chi connectivity index (χ0v) is 13.7. The molecule has 0 aromatic carbocycles. The molecule has 20 heavy (non-hydrogen) atoms. The smallest absolute Gasteiger partial charge is 0.0614 e. The molecule has 2 saturated carbocycles. The van der Waals surface area contributed by atoms with Crippen LogP contribution in [0.4, 0.5) is 0 Å². The van der Waals surface area contributed by atoms with E-state index in [-0.39, 0.29) is 12.1 Å². The molecule has 0 bridgehead atoms. The summed E-state index contributed by atoms with van der Waals surface area (Å²) in [6.07, 6.45) is 10.5. The fourth-order valence-electron chi connectivity index (χ4n) is 4.54. The quantitative estimate of drug-likeness (QED) is 0.786. The first-order chi connectivity index (χ1) is 9.60. The van der Waals surface area contributed by atoms with Crippen LogP contribution in [0, 0.1) is 0 Å². The Morgan fingerprint density at radius 3 is 2.40 bits per heavy atom. The van der Waals surface area contributed by atoms with Crippen molar-refractivity contribution in [3.05, 3.63) is 0 Å². The highest BCUT2D eigenvalue weighted by molar-refractivity contribution is 5.01. The molecule has 0 heterocycles. The number of nitrogens with zero attached hydrogens (tertiary/aromatic N) is 1. The standard InChI is InChI=1S/C17H34N2O/c1-4-19(15-8-6-5-7-9-15)16-10-11-17(12-16,13-20)18-14(2)3/h14-16,18,20H,4-13H2,1-3H3. The van der Waals surface area contributed by atoms with Crippen molar-refractivity contribution in [2.45, 2.75) is 95.8 Å². The Bertz CT molecular complexity index is 289. The lowest BCUT2D eigenvalue weighted by atomic mass is 9.92. The van der Waals surface area contributed by atoms with Gasteiger partial charge in [-0.1, -0.05) is 40.0 Å². The Hall–Kier alpha value is -0.120. The number of hydrogen-bond donors (Lipinski definition) is 2. The van der Waals surface area contributed by atoms with Gasteiger partial charge < -0.3 is 10.4 Å². The molecule has 2 aliphatic carbocycles. The van der Waals surface area contributed by atoms with Gasteiger partial charge >= 0.3 is 0 Å². The summed E-state index contributed by atoms with van der Waals surface area (Å²) >= 11 is 0. The van der Waals surface area contributed by atoms with E-state index in [0.29, 0.717) is 12.1 Å². The number of aliphatic hydroxyl groups excluding tert-OH is 1. The van der Waals surface area contributed by atoms with Crippen LogP contribution in [0.3, 0.4) is 0 Å². The summed E-state index contributed by atoms with van der Waals surface area (Å²) in [5, 5.41) is 13.5. The maximum atomic E-state index is 9.87. The molecule has 0 amide bonds. The van der Waals surface area contributed by atoms with E-state index in [0.717, 1.165) is 18.9 Å². The lowest BCUT2D eigenvalue weighted by Gasteiger charge is -2.39. The van der Waals surface area contributed by atoms with Crippen LogP contribution in [0.2, 0.25) is 0 Å². The van der Waals surface area contributed by atoms with Gasteiger partial charge in [0.1, 0.15) is 0 Å². The molecule has 2 fully saturated rings. The Morgan fingerprint density at radius 1 is 1.15 bits per heavy atom. The van der Waals surface area contributed by atoms with Crippen molar-refractivity contribution in [2.75, 3.05) is 13.2 Å². The van der Waals surface area contributed by atoms with Gasteiger partial charge in [-0.05, 0) is 38.6 Å². The summed E-state index contributed by atoms with van der Waals surface area (Å²) in [6, 6.07) is 1.92. The van der Waals surface area contributed by atoms with Gasteiger partial charge in [0, 0.05) is 23.7 Å². The van der Waals surface area contributed by atoms with E-state index in [4.69, 9.17) is 0 Å². The zero-order valence-electron chi connectivity index (χ0n) is 13.7. The van der Waals surface area contributed by atoms with E-state index in [2.05, 4.69) is 31.0 Å². The molecule has 3 nitrogen and oxygen atoms in total. The lowest BCUT2D eigenvalue weighted by molar-refractivity contribution is 0.0956. The van der Waals surface area contributed by atoms with Crippen molar-refractivity contribution in [1.29, 1.82) is 0 Å². The van der Waals surface area contributed by atoms with Crippen molar-refractivity contribution in [3.8, 4) is 0 Å². The summed E-state index contributed by atoms with van der Waals surface area (Å²) in [5.74, 6) is 0. The Kier molecular flexibility index (Phi) is 5.88. The summed E-state index contributed by atoms with van der Waals surface area (Å²) < 4.78 is 0. The predicted octanol–water partition coefficient (Wildman–Crippen LogP) is 2.92. The van der Waals surface area contributed by atoms with Crippen LogP contribution < -0.4 is 5.32 Å². The molecule has 2 rings (SSSR count). The van der Waals surface area contributed by atoms with Crippen molar-refractivity contribution < 1.29 is 5.11 Å². The third kappa shape index (κ3) is 3.75. The van der Waals surface area contributed by atoms with Crippen molar-refractivity contribution in [2.24, 2.45) is 0 Å². The molecule has 0 aliphatic heterocycles. The van der Waals surface area contributed by atoms with Crippen LogP contribution in [0.5, 0.6) is 0 Å². The van der Waals surface area contributed by atoms with E-state index >= 15 is 0 Å². The van der Waals surface area contributed by atoms with Gasteiger partial charge in [0.25, 0.3) is 0 Å². The SMILES string of the molecule is CCN(C1CCCCC1)C1CCC(CO)(NC(C)C)C1. The lowest BCUT2D eigenvalue weighted by Crippen LogP contribution is -2.51.